The predicted octanol–water partition coefficient (Wildman–Crippen LogP) is 7.79. The minimum atomic E-state index is -0.925. The highest BCUT2D eigenvalue weighted by molar-refractivity contribution is 7.22. The Balaban J connectivity index is 1.50. The number of anilines is 1. The average molecular weight is 614 g/mol. The monoisotopic (exact) mass is 613 g/mol. The van der Waals surface area contributed by atoms with Crippen molar-refractivity contribution in [2.75, 3.05) is 11.9 Å². The molecule has 0 aliphatic carbocycles. The first-order valence-corrected chi connectivity index (χ1v) is 14.8. The second-order valence-corrected chi connectivity index (χ2v) is 12.8. The van der Waals surface area contributed by atoms with Crippen LogP contribution in [-0.2, 0) is 16.0 Å². The number of aliphatic carboxylic acids is 1. The van der Waals surface area contributed by atoms with Gasteiger partial charge in [0.15, 0.2) is 6.61 Å². The average Bonchev–Trinajstić information content (AvgIpc) is 3.36. The lowest BCUT2D eigenvalue weighted by molar-refractivity contribution is -0.136. The summed E-state index contributed by atoms with van der Waals surface area (Å²) in [5.74, 6) is 0.0583. The fourth-order valence-electron chi connectivity index (χ4n) is 5.10. The number of nitrogens with zero attached hydrogens (tertiary/aromatic N) is 2. The number of nitrogens with one attached hydrogen (secondary N) is 1. The van der Waals surface area contributed by atoms with Crippen molar-refractivity contribution in [2.45, 2.75) is 39.7 Å². The number of ether oxygens (including phenoxy) is 2. The van der Waals surface area contributed by atoms with Gasteiger partial charge in [-0.15, -0.1) is 11.3 Å². The first-order chi connectivity index (χ1) is 20.4. The lowest BCUT2D eigenvalue weighted by Crippen LogP contribution is -2.25. The number of hydrogen-bond donors (Lipinski definition) is 2. The second-order valence-electron chi connectivity index (χ2n) is 11.3. The van der Waals surface area contributed by atoms with Crippen molar-refractivity contribution in [3.63, 3.8) is 0 Å². The summed E-state index contributed by atoms with van der Waals surface area (Å²) in [6.45, 7) is 7.77. The van der Waals surface area contributed by atoms with Gasteiger partial charge in [0, 0.05) is 33.5 Å². The number of halogens is 1. The van der Waals surface area contributed by atoms with Crippen LogP contribution in [0, 0.1) is 6.92 Å². The van der Waals surface area contributed by atoms with Crippen molar-refractivity contribution >= 4 is 50.7 Å². The van der Waals surface area contributed by atoms with Crippen LogP contribution in [0.3, 0.4) is 0 Å². The minimum Gasteiger partial charge on any atom is -0.487 e. The van der Waals surface area contributed by atoms with Gasteiger partial charge in [0.1, 0.15) is 22.1 Å². The molecule has 1 aliphatic rings. The maximum absolute atomic E-state index is 12.0. The first kappa shape index (κ1) is 28.6. The van der Waals surface area contributed by atoms with Crippen LogP contribution < -0.4 is 14.8 Å². The molecule has 2 N–H and O–H groups in total. The van der Waals surface area contributed by atoms with E-state index in [1.54, 1.807) is 18.3 Å². The van der Waals surface area contributed by atoms with Crippen molar-refractivity contribution in [1.29, 1.82) is 0 Å². The number of fused-ring (bicyclic) bond motifs is 2. The molecule has 0 saturated carbocycles. The molecule has 0 unspecified atom stereocenters. The Bertz CT molecular complexity index is 1930. The molecule has 218 valence electrons. The maximum atomic E-state index is 12.0. The van der Waals surface area contributed by atoms with E-state index in [1.165, 1.54) is 11.3 Å². The number of carbonyl (C=O) groups excluding carboxylic acids is 1. The number of aromatic nitrogens is 2. The molecule has 3 heterocycles. The molecule has 5 aromatic rings. The fourth-order valence-corrected chi connectivity index (χ4v) is 6.39. The van der Waals surface area contributed by atoms with E-state index in [2.05, 4.69) is 10.3 Å². The van der Waals surface area contributed by atoms with Crippen molar-refractivity contribution in [3.05, 3.63) is 76.9 Å². The Morgan fingerprint density at radius 3 is 2.70 bits per heavy atom. The Hall–Kier alpha value is -4.47. The molecule has 3 aromatic carbocycles. The number of pyridine rings is 1. The van der Waals surface area contributed by atoms with Crippen LogP contribution in [0.4, 0.5) is 5.69 Å². The van der Waals surface area contributed by atoms with E-state index in [4.69, 9.17) is 26.1 Å². The normalized spacial score (nSPS) is 12.9. The van der Waals surface area contributed by atoms with Crippen LogP contribution >= 0.6 is 22.9 Å². The Morgan fingerprint density at radius 2 is 1.93 bits per heavy atom. The van der Waals surface area contributed by atoms with Crippen LogP contribution in [0.1, 0.15) is 31.9 Å². The van der Waals surface area contributed by atoms with E-state index in [1.807, 2.05) is 70.2 Å². The topological polar surface area (TPSA) is 111 Å². The number of hydrogen-bond acceptors (Lipinski definition) is 7. The molecule has 0 saturated heterocycles. The number of aryl methyl sites for hydroxylation is 1. The second kappa shape index (κ2) is 11.0. The summed E-state index contributed by atoms with van der Waals surface area (Å²) in [5.41, 5.74) is 6.29. The highest BCUT2D eigenvalue weighted by Crippen LogP contribution is 2.45. The zero-order chi connectivity index (χ0) is 30.5. The molecule has 0 spiro atoms. The van der Waals surface area contributed by atoms with Crippen LogP contribution in [0.25, 0.3) is 43.2 Å². The highest BCUT2D eigenvalue weighted by atomic mass is 35.5. The van der Waals surface area contributed by atoms with Crippen LogP contribution in [0.2, 0.25) is 5.02 Å². The van der Waals surface area contributed by atoms with E-state index in [0.29, 0.717) is 33.5 Å². The number of amides is 1. The van der Waals surface area contributed by atoms with Gasteiger partial charge in [-0.2, -0.15) is 0 Å². The zero-order valence-electron chi connectivity index (χ0n) is 23.9. The van der Waals surface area contributed by atoms with Crippen LogP contribution in [-0.4, -0.2) is 39.2 Å². The van der Waals surface area contributed by atoms with Gasteiger partial charge in [0.05, 0.1) is 28.0 Å². The molecule has 6 rings (SSSR count). The summed E-state index contributed by atoms with van der Waals surface area (Å²) in [6.07, 6.45) is 1.57. The smallest absolute Gasteiger partial charge is 0.307 e. The van der Waals surface area contributed by atoms with Crippen molar-refractivity contribution in [3.8, 4) is 44.5 Å². The third-order valence-corrected chi connectivity index (χ3v) is 8.26. The van der Waals surface area contributed by atoms with Crippen molar-refractivity contribution in [1.82, 2.24) is 9.97 Å². The number of carboxylic acids is 1. The number of thiazole rings is 1. The molecular weight excluding hydrogens is 586 g/mol. The molecule has 1 amide bonds. The molecule has 2 aromatic heterocycles. The van der Waals surface area contributed by atoms with Crippen LogP contribution in [0.5, 0.6) is 11.5 Å². The van der Waals surface area contributed by atoms with E-state index in [0.717, 1.165) is 43.0 Å². The third kappa shape index (κ3) is 5.91. The molecular formula is C33H28ClN3O5S. The van der Waals surface area contributed by atoms with Crippen molar-refractivity contribution in [2.24, 2.45) is 0 Å². The molecule has 0 atom stereocenters. The third-order valence-electron chi connectivity index (χ3n) is 6.88. The summed E-state index contributed by atoms with van der Waals surface area (Å²) >= 11 is 7.87. The molecule has 43 heavy (non-hydrogen) atoms. The number of benzene rings is 3. The summed E-state index contributed by atoms with van der Waals surface area (Å²) in [6, 6.07) is 16.8. The van der Waals surface area contributed by atoms with E-state index in [9.17, 15) is 14.7 Å². The fraction of sp³-hybridized carbons (Fsp3) is 0.212. The van der Waals surface area contributed by atoms with Gasteiger partial charge in [-0.3, -0.25) is 14.6 Å². The SMILES string of the molecule is Cc1cc2nc(-c3ccnc(-c4ccc5c(c4)NC(=O)CO5)c3)sc2c(-c2ccc(Cl)cc2OC(C)(C)C)c1CC(=O)O. The van der Waals surface area contributed by atoms with Gasteiger partial charge < -0.3 is 19.9 Å². The summed E-state index contributed by atoms with van der Waals surface area (Å²) in [7, 11) is 0. The number of carboxylic acid groups (broad SMARTS) is 1. The van der Waals surface area contributed by atoms with Gasteiger partial charge in [-0.25, -0.2) is 4.98 Å². The van der Waals surface area contributed by atoms with E-state index >= 15 is 0 Å². The maximum Gasteiger partial charge on any atom is 0.307 e. The largest absolute Gasteiger partial charge is 0.487 e. The van der Waals surface area contributed by atoms with Gasteiger partial charge in [0.2, 0.25) is 0 Å². The molecule has 0 radical (unpaired) electrons. The highest BCUT2D eigenvalue weighted by Gasteiger charge is 2.24. The summed E-state index contributed by atoms with van der Waals surface area (Å²) < 4.78 is 12.7. The first-order valence-electron chi connectivity index (χ1n) is 13.6. The van der Waals surface area contributed by atoms with Crippen molar-refractivity contribution < 1.29 is 24.2 Å². The number of rotatable bonds is 6. The van der Waals surface area contributed by atoms with Crippen LogP contribution in [0.15, 0.2) is 60.8 Å². The van der Waals surface area contributed by atoms with Gasteiger partial charge >= 0.3 is 5.97 Å². The van der Waals surface area contributed by atoms with E-state index in [-0.39, 0.29) is 18.9 Å². The van der Waals surface area contributed by atoms with Gasteiger partial charge in [0.25, 0.3) is 5.91 Å². The molecule has 10 heteroatoms. The Labute approximate surface area is 257 Å². The lowest BCUT2D eigenvalue weighted by atomic mass is 9.92. The molecule has 0 fully saturated rings. The molecule has 1 aliphatic heterocycles. The summed E-state index contributed by atoms with van der Waals surface area (Å²) in [5, 5.41) is 14.0. The molecule has 0 bridgehead atoms. The Kier molecular flexibility index (Phi) is 7.31. The standard InChI is InChI=1S/C33H28ClN3O5S/c1-17-11-25-31(30(22(17)15-29(39)40)21-7-6-20(34)14-27(21)42-33(2,3)4)43-32(37-25)19-9-10-35-23(13-19)18-5-8-26-24(12-18)36-28(38)16-41-26/h5-14H,15-16H2,1-4H3,(H,36,38)(H,39,40). The predicted molar refractivity (Wildman–Crippen MR) is 169 cm³/mol. The van der Waals surface area contributed by atoms with E-state index < -0.39 is 11.6 Å². The lowest BCUT2D eigenvalue weighted by Gasteiger charge is -2.24. The van der Waals surface area contributed by atoms with Gasteiger partial charge in [-0.1, -0.05) is 11.6 Å². The Morgan fingerprint density at radius 1 is 1.12 bits per heavy atom. The number of carbonyl (C=O) groups is 2. The summed E-state index contributed by atoms with van der Waals surface area (Å²) in [4.78, 5) is 33.4. The minimum absolute atomic E-state index is 0.00677. The van der Waals surface area contributed by atoms with Gasteiger partial charge in [-0.05, 0) is 93.4 Å². The quantitative estimate of drug-likeness (QED) is 0.201. The zero-order valence-corrected chi connectivity index (χ0v) is 25.5. The molecule has 8 nitrogen and oxygen atoms in total.